The molecule has 20 heavy (non-hydrogen) atoms. The molecular formula is C15H28N4O. The summed E-state index contributed by atoms with van der Waals surface area (Å²) in [5.74, 6) is 2.14. The maximum Gasteiger partial charge on any atom is 0.138 e. The molecule has 1 rings (SSSR count). The van der Waals surface area contributed by atoms with Crippen LogP contribution in [0.1, 0.15) is 53.3 Å². The summed E-state index contributed by atoms with van der Waals surface area (Å²) in [5, 5.41) is 13.3. The number of nitrogen functional groups attached to an aromatic ring is 1. The second kappa shape index (κ2) is 6.88. The molecule has 0 radical (unpaired) electrons. The molecular weight excluding hydrogens is 252 g/mol. The lowest BCUT2D eigenvalue weighted by atomic mass is 9.95. The van der Waals surface area contributed by atoms with Gasteiger partial charge in [-0.2, -0.15) is 0 Å². The molecule has 0 saturated carbocycles. The van der Waals surface area contributed by atoms with Crippen LogP contribution in [-0.4, -0.2) is 27.7 Å². The Morgan fingerprint density at radius 1 is 1.25 bits per heavy atom. The Kier molecular flexibility index (Phi) is 5.74. The van der Waals surface area contributed by atoms with E-state index < -0.39 is 0 Å². The zero-order chi connectivity index (χ0) is 15.3. The minimum absolute atomic E-state index is 0.153. The predicted molar refractivity (Wildman–Crippen MR) is 83.7 cm³/mol. The van der Waals surface area contributed by atoms with Crippen molar-refractivity contribution in [3.63, 3.8) is 0 Å². The van der Waals surface area contributed by atoms with Gasteiger partial charge in [-0.1, -0.05) is 47.5 Å². The number of aliphatic hydroxyl groups excluding tert-OH is 1. The van der Waals surface area contributed by atoms with Crippen LogP contribution in [0.4, 0.5) is 11.6 Å². The molecule has 0 aliphatic rings. The van der Waals surface area contributed by atoms with Gasteiger partial charge in [-0.15, -0.1) is 0 Å². The van der Waals surface area contributed by atoms with E-state index in [2.05, 4.69) is 29.1 Å². The number of aromatic nitrogens is 2. The standard InChI is InChI=1S/C15H28N4O/c1-6-10(7-2)11(20)9-17-13-8-12(16)18-14(19-13)15(3,4)5/h8,10-11,20H,6-7,9H2,1-5H3,(H3,16,17,18,19). The molecule has 5 nitrogen and oxygen atoms in total. The number of aliphatic hydroxyl groups is 1. The largest absolute Gasteiger partial charge is 0.391 e. The van der Waals surface area contributed by atoms with Crippen molar-refractivity contribution in [2.45, 2.75) is 59.0 Å². The summed E-state index contributed by atoms with van der Waals surface area (Å²) < 4.78 is 0. The molecule has 0 aliphatic carbocycles. The van der Waals surface area contributed by atoms with Crippen LogP contribution in [0.25, 0.3) is 0 Å². The Labute approximate surface area is 122 Å². The van der Waals surface area contributed by atoms with Crippen LogP contribution in [-0.2, 0) is 5.41 Å². The van der Waals surface area contributed by atoms with Crippen LogP contribution < -0.4 is 11.1 Å². The third kappa shape index (κ3) is 4.63. The summed E-state index contributed by atoms with van der Waals surface area (Å²) in [6.07, 6.45) is 1.57. The van der Waals surface area contributed by atoms with Crippen molar-refractivity contribution in [1.82, 2.24) is 9.97 Å². The van der Waals surface area contributed by atoms with Crippen molar-refractivity contribution >= 4 is 11.6 Å². The van der Waals surface area contributed by atoms with Crippen LogP contribution in [0, 0.1) is 5.92 Å². The smallest absolute Gasteiger partial charge is 0.138 e. The van der Waals surface area contributed by atoms with E-state index in [1.807, 2.05) is 20.8 Å². The first-order valence-electron chi connectivity index (χ1n) is 7.34. The molecule has 0 amide bonds. The number of hydrogen-bond acceptors (Lipinski definition) is 5. The van der Waals surface area contributed by atoms with E-state index in [1.165, 1.54) is 0 Å². The van der Waals surface area contributed by atoms with Gasteiger partial charge in [0.25, 0.3) is 0 Å². The predicted octanol–water partition coefficient (Wildman–Crippen LogP) is 2.57. The molecule has 1 aromatic heterocycles. The highest BCUT2D eigenvalue weighted by molar-refractivity contribution is 5.45. The summed E-state index contributed by atoms with van der Waals surface area (Å²) in [4.78, 5) is 8.74. The van der Waals surface area contributed by atoms with Crippen LogP contribution >= 0.6 is 0 Å². The van der Waals surface area contributed by atoms with E-state index in [9.17, 15) is 5.11 Å². The SMILES string of the molecule is CCC(CC)C(O)CNc1cc(N)nc(C(C)(C)C)n1. The quantitative estimate of drug-likeness (QED) is 0.746. The highest BCUT2D eigenvalue weighted by Gasteiger charge is 2.19. The highest BCUT2D eigenvalue weighted by atomic mass is 16.3. The Morgan fingerprint density at radius 2 is 1.85 bits per heavy atom. The van der Waals surface area contributed by atoms with Gasteiger partial charge < -0.3 is 16.2 Å². The first-order chi connectivity index (χ1) is 9.27. The van der Waals surface area contributed by atoms with Crippen LogP contribution in [0.2, 0.25) is 0 Å². The van der Waals surface area contributed by atoms with Crippen molar-refractivity contribution in [2.24, 2.45) is 5.92 Å². The van der Waals surface area contributed by atoms with E-state index in [-0.39, 0.29) is 11.5 Å². The number of hydrogen-bond donors (Lipinski definition) is 3. The lowest BCUT2D eigenvalue weighted by molar-refractivity contribution is 0.114. The molecule has 0 aliphatic heterocycles. The molecule has 0 saturated heterocycles. The van der Waals surface area contributed by atoms with E-state index in [0.29, 0.717) is 29.9 Å². The maximum atomic E-state index is 10.1. The molecule has 5 heteroatoms. The first kappa shape index (κ1) is 16.7. The molecule has 0 bridgehead atoms. The lowest BCUT2D eigenvalue weighted by Gasteiger charge is -2.22. The van der Waals surface area contributed by atoms with Crippen molar-refractivity contribution in [3.8, 4) is 0 Å². The minimum atomic E-state index is -0.376. The summed E-state index contributed by atoms with van der Waals surface area (Å²) in [6, 6.07) is 1.70. The summed E-state index contributed by atoms with van der Waals surface area (Å²) in [6.45, 7) is 10.8. The molecule has 0 aromatic carbocycles. The second-order valence-electron chi connectivity index (χ2n) is 6.28. The van der Waals surface area contributed by atoms with Crippen molar-refractivity contribution < 1.29 is 5.11 Å². The fourth-order valence-electron chi connectivity index (χ4n) is 2.10. The van der Waals surface area contributed by atoms with E-state index in [1.54, 1.807) is 6.07 Å². The average molecular weight is 280 g/mol. The molecule has 0 spiro atoms. The van der Waals surface area contributed by atoms with Gasteiger partial charge in [0.2, 0.25) is 0 Å². The molecule has 1 aromatic rings. The van der Waals surface area contributed by atoms with Gasteiger partial charge >= 0.3 is 0 Å². The molecule has 1 unspecified atom stereocenters. The highest BCUT2D eigenvalue weighted by Crippen LogP contribution is 2.21. The minimum Gasteiger partial charge on any atom is -0.391 e. The molecule has 0 fully saturated rings. The van der Waals surface area contributed by atoms with Gasteiger partial charge in [0.15, 0.2) is 0 Å². The van der Waals surface area contributed by atoms with Gasteiger partial charge in [0, 0.05) is 18.0 Å². The second-order valence-corrected chi connectivity index (χ2v) is 6.28. The molecule has 114 valence electrons. The van der Waals surface area contributed by atoms with E-state index >= 15 is 0 Å². The van der Waals surface area contributed by atoms with Gasteiger partial charge in [0.05, 0.1) is 6.10 Å². The zero-order valence-electron chi connectivity index (χ0n) is 13.3. The number of nitrogens with two attached hydrogens (primary N) is 1. The summed E-state index contributed by atoms with van der Waals surface area (Å²) in [7, 11) is 0. The Bertz CT molecular complexity index is 424. The van der Waals surface area contributed by atoms with Crippen molar-refractivity contribution in [2.75, 3.05) is 17.6 Å². The van der Waals surface area contributed by atoms with Gasteiger partial charge in [-0.3, -0.25) is 0 Å². The zero-order valence-corrected chi connectivity index (χ0v) is 13.3. The Balaban J connectivity index is 2.76. The third-order valence-corrected chi connectivity index (χ3v) is 3.50. The van der Waals surface area contributed by atoms with Crippen LogP contribution in [0.3, 0.4) is 0 Å². The number of nitrogens with one attached hydrogen (secondary N) is 1. The van der Waals surface area contributed by atoms with Crippen molar-refractivity contribution in [1.29, 1.82) is 0 Å². The maximum absolute atomic E-state index is 10.1. The van der Waals surface area contributed by atoms with Gasteiger partial charge in [0.1, 0.15) is 17.5 Å². The topological polar surface area (TPSA) is 84.1 Å². The third-order valence-electron chi connectivity index (χ3n) is 3.50. The van der Waals surface area contributed by atoms with E-state index in [4.69, 9.17) is 5.73 Å². The summed E-state index contributed by atoms with van der Waals surface area (Å²) in [5.41, 5.74) is 5.67. The van der Waals surface area contributed by atoms with Crippen molar-refractivity contribution in [3.05, 3.63) is 11.9 Å². The lowest BCUT2D eigenvalue weighted by Crippen LogP contribution is -2.28. The fourth-order valence-corrected chi connectivity index (χ4v) is 2.10. The Hall–Kier alpha value is -1.36. The van der Waals surface area contributed by atoms with Crippen LogP contribution in [0.15, 0.2) is 6.07 Å². The van der Waals surface area contributed by atoms with Gasteiger partial charge in [-0.25, -0.2) is 9.97 Å². The number of nitrogens with zero attached hydrogens (tertiary/aromatic N) is 2. The molecule has 1 atom stereocenters. The monoisotopic (exact) mass is 280 g/mol. The fraction of sp³-hybridized carbons (Fsp3) is 0.733. The Morgan fingerprint density at radius 3 is 2.35 bits per heavy atom. The van der Waals surface area contributed by atoms with Crippen LogP contribution in [0.5, 0.6) is 0 Å². The normalized spacial score (nSPS) is 13.6. The van der Waals surface area contributed by atoms with Gasteiger partial charge in [-0.05, 0) is 5.92 Å². The average Bonchev–Trinajstić information content (AvgIpc) is 2.36. The first-order valence-corrected chi connectivity index (χ1v) is 7.34. The number of rotatable bonds is 6. The summed E-state index contributed by atoms with van der Waals surface area (Å²) >= 11 is 0. The van der Waals surface area contributed by atoms with E-state index in [0.717, 1.165) is 12.8 Å². The number of anilines is 2. The molecule has 1 heterocycles. The molecule has 4 N–H and O–H groups in total.